The molecule has 1 aliphatic heterocycles. The molecule has 0 bridgehead atoms. The second kappa shape index (κ2) is 3.21. The van der Waals surface area contributed by atoms with Gasteiger partial charge in [-0.3, -0.25) is 9.69 Å². The Morgan fingerprint density at radius 3 is 2.57 bits per heavy atom. The van der Waals surface area contributed by atoms with Crippen LogP contribution in [0.15, 0.2) is 0 Å². The van der Waals surface area contributed by atoms with Crippen LogP contribution >= 0.6 is 0 Å². The van der Waals surface area contributed by atoms with Crippen molar-refractivity contribution < 1.29 is 9.90 Å². The first-order valence-corrected chi connectivity index (χ1v) is 5.32. The van der Waals surface area contributed by atoms with Crippen molar-refractivity contribution in [3.63, 3.8) is 0 Å². The number of nitrogens with two attached hydrogens (primary N) is 1. The molecule has 3 N–H and O–H groups in total. The van der Waals surface area contributed by atoms with Gasteiger partial charge in [-0.05, 0) is 25.2 Å². The minimum Gasteiger partial charge on any atom is -0.387 e. The summed E-state index contributed by atoms with van der Waals surface area (Å²) in [4.78, 5) is 13.0. The Kier molecular flexibility index (Phi) is 2.27. The molecule has 80 valence electrons. The number of hydrogen-bond donors (Lipinski definition) is 2. The standard InChI is InChI=1S/C10H18N2O2/c1-2-8(9(11)13)12-5-10(14,6-12)7-3-4-7/h7-8,14H,2-6H2,1H3,(H2,11,13). The highest BCUT2D eigenvalue weighted by Gasteiger charge is 2.53. The number of primary amides is 1. The van der Waals surface area contributed by atoms with E-state index >= 15 is 0 Å². The number of hydrogen-bond acceptors (Lipinski definition) is 3. The molecule has 1 heterocycles. The monoisotopic (exact) mass is 198 g/mol. The summed E-state index contributed by atoms with van der Waals surface area (Å²) in [6, 6.07) is -0.186. The van der Waals surface area contributed by atoms with Crippen molar-refractivity contribution in [1.29, 1.82) is 0 Å². The zero-order valence-corrected chi connectivity index (χ0v) is 8.57. The second-order valence-electron chi connectivity index (χ2n) is 4.61. The molecule has 1 amide bonds. The van der Waals surface area contributed by atoms with Crippen LogP contribution in [-0.2, 0) is 4.79 Å². The molecule has 1 unspecified atom stereocenters. The zero-order chi connectivity index (χ0) is 10.3. The number of β-amino-alcohol motifs (C(OH)–C–C–N with tert-alkyl or cyclic N) is 1. The van der Waals surface area contributed by atoms with Gasteiger partial charge in [-0.2, -0.15) is 0 Å². The van der Waals surface area contributed by atoms with Crippen LogP contribution in [0, 0.1) is 5.92 Å². The minimum atomic E-state index is -0.511. The second-order valence-corrected chi connectivity index (χ2v) is 4.61. The molecule has 4 nitrogen and oxygen atoms in total. The van der Waals surface area contributed by atoms with Gasteiger partial charge >= 0.3 is 0 Å². The van der Waals surface area contributed by atoms with Gasteiger partial charge in [-0.1, -0.05) is 6.92 Å². The predicted octanol–water partition coefficient (Wildman–Crippen LogP) is -0.293. The Balaban J connectivity index is 1.88. The first-order valence-electron chi connectivity index (χ1n) is 5.32. The Morgan fingerprint density at radius 1 is 1.64 bits per heavy atom. The largest absolute Gasteiger partial charge is 0.387 e. The van der Waals surface area contributed by atoms with E-state index in [4.69, 9.17) is 5.73 Å². The fourth-order valence-corrected chi connectivity index (χ4v) is 2.40. The van der Waals surface area contributed by atoms with E-state index in [1.54, 1.807) is 0 Å². The molecule has 0 aromatic carbocycles. The lowest BCUT2D eigenvalue weighted by Gasteiger charge is -2.49. The van der Waals surface area contributed by atoms with Crippen molar-refractivity contribution in [2.45, 2.75) is 37.8 Å². The lowest BCUT2D eigenvalue weighted by atomic mass is 9.87. The highest BCUT2D eigenvalue weighted by Crippen LogP contribution is 2.45. The quantitative estimate of drug-likeness (QED) is 0.652. The molecule has 2 fully saturated rings. The first kappa shape index (κ1) is 9.93. The Labute approximate surface area is 84.1 Å². The van der Waals surface area contributed by atoms with E-state index in [-0.39, 0.29) is 11.9 Å². The Bertz CT molecular complexity index is 245. The van der Waals surface area contributed by atoms with E-state index in [1.165, 1.54) is 0 Å². The topological polar surface area (TPSA) is 66.6 Å². The molecular weight excluding hydrogens is 180 g/mol. The van der Waals surface area contributed by atoms with Gasteiger partial charge in [0, 0.05) is 13.1 Å². The van der Waals surface area contributed by atoms with Crippen molar-refractivity contribution in [1.82, 2.24) is 4.90 Å². The lowest BCUT2D eigenvalue weighted by molar-refractivity contribution is -0.147. The molecule has 0 radical (unpaired) electrons. The molecule has 2 rings (SSSR count). The van der Waals surface area contributed by atoms with Gasteiger partial charge < -0.3 is 10.8 Å². The third-order valence-electron chi connectivity index (χ3n) is 3.45. The molecule has 0 spiro atoms. The fraction of sp³-hybridized carbons (Fsp3) is 0.900. The SMILES string of the molecule is CCC(C(N)=O)N1CC(O)(C2CC2)C1. The average Bonchev–Trinajstić information content (AvgIpc) is 2.83. The van der Waals surface area contributed by atoms with Crippen LogP contribution in [0.25, 0.3) is 0 Å². The maximum absolute atomic E-state index is 11.1. The van der Waals surface area contributed by atoms with Gasteiger partial charge in [0.15, 0.2) is 0 Å². The summed E-state index contributed by atoms with van der Waals surface area (Å²) in [5.74, 6) is 0.203. The molecule has 1 aliphatic carbocycles. The summed E-state index contributed by atoms with van der Waals surface area (Å²) in [7, 11) is 0. The van der Waals surface area contributed by atoms with Crippen molar-refractivity contribution >= 4 is 5.91 Å². The van der Waals surface area contributed by atoms with Crippen molar-refractivity contribution in [2.24, 2.45) is 11.7 Å². The summed E-state index contributed by atoms with van der Waals surface area (Å²) in [6.07, 6.45) is 3.01. The third kappa shape index (κ3) is 1.53. The Hall–Kier alpha value is -0.610. The summed E-state index contributed by atoms with van der Waals surface area (Å²) in [5.41, 5.74) is 4.76. The molecule has 1 atom stereocenters. The minimum absolute atomic E-state index is 0.186. The highest BCUT2D eigenvalue weighted by atomic mass is 16.3. The highest BCUT2D eigenvalue weighted by molar-refractivity contribution is 5.79. The van der Waals surface area contributed by atoms with E-state index in [2.05, 4.69) is 0 Å². The summed E-state index contributed by atoms with van der Waals surface area (Å²) in [6.45, 7) is 3.20. The van der Waals surface area contributed by atoms with Crippen LogP contribution in [0.1, 0.15) is 26.2 Å². The first-order chi connectivity index (χ1) is 6.57. The van der Waals surface area contributed by atoms with Crippen LogP contribution < -0.4 is 5.73 Å². The number of carbonyl (C=O) groups excluding carboxylic acids is 1. The maximum atomic E-state index is 11.1. The predicted molar refractivity (Wildman–Crippen MR) is 52.5 cm³/mol. The maximum Gasteiger partial charge on any atom is 0.234 e. The Morgan fingerprint density at radius 2 is 2.21 bits per heavy atom. The molecule has 0 aromatic rings. The number of rotatable bonds is 4. The normalized spacial score (nSPS) is 28.1. The van der Waals surface area contributed by atoms with Gasteiger partial charge in [0.1, 0.15) is 0 Å². The van der Waals surface area contributed by atoms with Crippen molar-refractivity contribution in [3.05, 3.63) is 0 Å². The molecule has 14 heavy (non-hydrogen) atoms. The third-order valence-corrected chi connectivity index (χ3v) is 3.45. The van der Waals surface area contributed by atoms with Crippen molar-refractivity contribution in [2.75, 3.05) is 13.1 Å². The summed E-state index contributed by atoms with van der Waals surface area (Å²) in [5, 5.41) is 10.1. The molecular formula is C10H18N2O2. The van der Waals surface area contributed by atoms with Crippen LogP contribution in [0.2, 0.25) is 0 Å². The number of carbonyl (C=O) groups is 1. The van der Waals surface area contributed by atoms with Crippen molar-refractivity contribution in [3.8, 4) is 0 Å². The number of likely N-dealkylation sites (tertiary alicyclic amines) is 1. The fourth-order valence-electron chi connectivity index (χ4n) is 2.40. The molecule has 2 aliphatic rings. The van der Waals surface area contributed by atoms with E-state index in [0.29, 0.717) is 19.0 Å². The number of aliphatic hydroxyl groups is 1. The molecule has 1 saturated carbocycles. The molecule has 1 saturated heterocycles. The smallest absolute Gasteiger partial charge is 0.234 e. The van der Waals surface area contributed by atoms with Gasteiger partial charge in [0.25, 0.3) is 0 Å². The lowest BCUT2D eigenvalue weighted by Crippen LogP contribution is -2.67. The molecule has 4 heteroatoms. The van der Waals surface area contributed by atoms with Crippen LogP contribution in [0.3, 0.4) is 0 Å². The summed E-state index contributed by atoms with van der Waals surface area (Å²) < 4.78 is 0. The average molecular weight is 198 g/mol. The number of nitrogens with zero attached hydrogens (tertiary/aromatic N) is 1. The van der Waals surface area contributed by atoms with Gasteiger partial charge in [-0.25, -0.2) is 0 Å². The van der Waals surface area contributed by atoms with Gasteiger partial charge in [0.2, 0.25) is 5.91 Å². The molecule has 0 aromatic heterocycles. The van der Waals surface area contributed by atoms with Crippen LogP contribution in [0.4, 0.5) is 0 Å². The van der Waals surface area contributed by atoms with Gasteiger partial charge in [0.05, 0.1) is 11.6 Å². The van der Waals surface area contributed by atoms with E-state index in [0.717, 1.165) is 19.3 Å². The van der Waals surface area contributed by atoms with E-state index < -0.39 is 5.60 Å². The zero-order valence-electron chi connectivity index (χ0n) is 8.57. The van der Waals surface area contributed by atoms with E-state index in [9.17, 15) is 9.90 Å². The van der Waals surface area contributed by atoms with Gasteiger partial charge in [-0.15, -0.1) is 0 Å². The number of amides is 1. The van der Waals surface area contributed by atoms with Crippen LogP contribution in [-0.4, -0.2) is 40.6 Å². The summed E-state index contributed by atoms with van der Waals surface area (Å²) >= 11 is 0. The van der Waals surface area contributed by atoms with E-state index in [1.807, 2.05) is 11.8 Å². The van der Waals surface area contributed by atoms with Crippen LogP contribution in [0.5, 0.6) is 0 Å².